The summed E-state index contributed by atoms with van der Waals surface area (Å²) in [7, 11) is 0. The van der Waals surface area contributed by atoms with Crippen molar-refractivity contribution in [2.75, 3.05) is 5.32 Å². The van der Waals surface area contributed by atoms with Crippen LogP contribution in [0, 0.1) is 13.8 Å². The molecule has 146 valence electrons. The van der Waals surface area contributed by atoms with E-state index in [9.17, 15) is 4.79 Å². The molecule has 0 spiro atoms. The van der Waals surface area contributed by atoms with Gasteiger partial charge in [-0.2, -0.15) is 0 Å². The van der Waals surface area contributed by atoms with E-state index >= 15 is 0 Å². The predicted octanol–water partition coefficient (Wildman–Crippen LogP) is 5.92. The summed E-state index contributed by atoms with van der Waals surface area (Å²) in [5.41, 5.74) is 6.05. The van der Waals surface area contributed by atoms with E-state index in [4.69, 9.17) is 4.42 Å². The molecule has 0 saturated heterocycles. The lowest BCUT2D eigenvalue weighted by molar-refractivity contribution is -0.115. The molecule has 0 bridgehead atoms. The molecular weight excluding hydrogens is 380 g/mol. The van der Waals surface area contributed by atoms with E-state index < -0.39 is 0 Å². The van der Waals surface area contributed by atoms with Gasteiger partial charge in [-0.15, -0.1) is 11.8 Å². The van der Waals surface area contributed by atoms with E-state index in [1.165, 1.54) is 11.1 Å². The molecule has 0 aliphatic rings. The van der Waals surface area contributed by atoms with Gasteiger partial charge in [-0.05, 0) is 60.9 Å². The zero-order valence-corrected chi connectivity index (χ0v) is 17.3. The van der Waals surface area contributed by atoms with Gasteiger partial charge in [0.25, 0.3) is 0 Å². The summed E-state index contributed by atoms with van der Waals surface area (Å²) in [4.78, 5) is 17.8. The highest BCUT2D eigenvalue weighted by molar-refractivity contribution is 7.98. The summed E-state index contributed by atoms with van der Waals surface area (Å²) >= 11 is 1.74. The summed E-state index contributed by atoms with van der Waals surface area (Å²) in [6.45, 7) is 4.10. The molecule has 29 heavy (non-hydrogen) atoms. The van der Waals surface area contributed by atoms with Crippen molar-refractivity contribution in [2.24, 2.45) is 0 Å². The Morgan fingerprint density at radius 3 is 2.69 bits per heavy atom. The van der Waals surface area contributed by atoms with Crippen molar-refractivity contribution in [3.63, 3.8) is 0 Å². The number of nitrogens with one attached hydrogen (secondary N) is 1. The van der Waals surface area contributed by atoms with Crippen molar-refractivity contribution in [1.82, 2.24) is 4.98 Å². The number of fused-ring (bicyclic) bond motifs is 1. The molecule has 2 heterocycles. The van der Waals surface area contributed by atoms with Crippen LogP contribution in [0.4, 0.5) is 5.69 Å². The van der Waals surface area contributed by atoms with Crippen molar-refractivity contribution in [3.05, 3.63) is 89.4 Å². The SMILES string of the molecule is Cc1ccc2c(CC(=O)Nc3ccc(SCc4cccnc4)cc3)coc2c1C. The molecule has 0 atom stereocenters. The maximum absolute atomic E-state index is 12.5. The molecule has 0 fully saturated rings. The van der Waals surface area contributed by atoms with Crippen LogP contribution in [0.5, 0.6) is 0 Å². The minimum atomic E-state index is -0.0540. The second-order valence-electron chi connectivity index (χ2n) is 7.04. The fourth-order valence-corrected chi connectivity index (χ4v) is 4.02. The Bertz CT molecular complexity index is 1130. The molecule has 1 N–H and O–H groups in total. The van der Waals surface area contributed by atoms with E-state index in [1.54, 1.807) is 24.2 Å². The van der Waals surface area contributed by atoms with Gasteiger partial charge in [0, 0.05) is 39.7 Å². The Hall–Kier alpha value is -3.05. The van der Waals surface area contributed by atoms with Crippen LogP contribution < -0.4 is 5.32 Å². The second-order valence-corrected chi connectivity index (χ2v) is 8.09. The Morgan fingerprint density at radius 2 is 1.93 bits per heavy atom. The molecule has 0 aliphatic heterocycles. The first kappa shape index (κ1) is 19.3. The number of hydrogen-bond donors (Lipinski definition) is 1. The van der Waals surface area contributed by atoms with Crippen molar-refractivity contribution in [2.45, 2.75) is 30.9 Å². The van der Waals surface area contributed by atoms with Crippen molar-refractivity contribution >= 4 is 34.3 Å². The number of pyridine rings is 1. The Kier molecular flexibility index (Phi) is 5.67. The number of amides is 1. The normalized spacial score (nSPS) is 11.0. The second kappa shape index (κ2) is 8.53. The number of aryl methyl sites for hydroxylation is 2. The molecule has 2 aromatic carbocycles. The van der Waals surface area contributed by atoms with Gasteiger partial charge in [-0.3, -0.25) is 9.78 Å². The number of nitrogens with zero attached hydrogens (tertiary/aromatic N) is 1. The monoisotopic (exact) mass is 402 g/mol. The average Bonchev–Trinajstić information content (AvgIpc) is 3.14. The van der Waals surface area contributed by atoms with Crippen LogP contribution in [-0.4, -0.2) is 10.9 Å². The maximum Gasteiger partial charge on any atom is 0.228 e. The molecule has 0 unspecified atom stereocenters. The van der Waals surface area contributed by atoms with Crippen LogP contribution in [0.25, 0.3) is 11.0 Å². The zero-order chi connectivity index (χ0) is 20.2. The average molecular weight is 403 g/mol. The minimum Gasteiger partial charge on any atom is -0.464 e. The number of anilines is 1. The highest BCUT2D eigenvalue weighted by Gasteiger charge is 2.13. The molecule has 1 amide bonds. The summed E-state index contributed by atoms with van der Waals surface area (Å²) in [5, 5.41) is 3.98. The number of carbonyl (C=O) groups excluding carboxylic acids is 1. The molecule has 4 aromatic rings. The van der Waals surface area contributed by atoms with Gasteiger partial charge in [0.2, 0.25) is 5.91 Å². The molecule has 4 nitrogen and oxygen atoms in total. The summed E-state index contributed by atoms with van der Waals surface area (Å²) < 4.78 is 5.70. The highest BCUT2D eigenvalue weighted by atomic mass is 32.2. The Labute approximate surface area is 174 Å². The molecule has 4 rings (SSSR count). The number of aromatic nitrogens is 1. The van der Waals surface area contributed by atoms with E-state index in [1.807, 2.05) is 49.5 Å². The summed E-state index contributed by atoms with van der Waals surface area (Å²) in [6, 6.07) is 16.0. The van der Waals surface area contributed by atoms with E-state index in [-0.39, 0.29) is 12.3 Å². The largest absolute Gasteiger partial charge is 0.464 e. The van der Waals surface area contributed by atoms with Gasteiger partial charge >= 0.3 is 0 Å². The Balaban J connectivity index is 1.37. The van der Waals surface area contributed by atoms with Crippen LogP contribution in [0.15, 0.2) is 76.5 Å². The number of furan rings is 1. The fourth-order valence-electron chi connectivity index (χ4n) is 3.19. The number of thioether (sulfide) groups is 1. The van der Waals surface area contributed by atoms with Gasteiger partial charge in [0.05, 0.1) is 12.7 Å². The summed E-state index contributed by atoms with van der Waals surface area (Å²) in [5.74, 6) is 0.813. The molecule has 5 heteroatoms. The zero-order valence-electron chi connectivity index (χ0n) is 16.4. The maximum atomic E-state index is 12.5. The lowest BCUT2D eigenvalue weighted by Crippen LogP contribution is -2.14. The van der Waals surface area contributed by atoms with E-state index in [2.05, 4.69) is 29.4 Å². The topological polar surface area (TPSA) is 55.1 Å². The van der Waals surface area contributed by atoms with E-state index in [0.717, 1.165) is 38.4 Å². The third kappa shape index (κ3) is 4.51. The molecule has 0 radical (unpaired) electrons. The third-order valence-electron chi connectivity index (χ3n) is 4.96. The third-order valence-corrected chi connectivity index (χ3v) is 6.04. The predicted molar refractivity (Wildman–Crippen MR) is 118 cm³/mol. The lowest BCUT2D eigenvalue weighted by atomic mass is 10.0. The quantitative estimate of drug-likeness (QED) is 0.407. The number of carbonyl (C=O) groups is 1. The number of rotatable bonds is 6. The van der Waals surface area contributed by atoms with Crippen LogP contribution in [0.1, 0.15) is 22.3 Å². The van der Waals surface area contributed by atoms with Gasteiger partial charge < -0.3 is 9.73 Å². The van der Waals surface area contributed by atoms with E-state index in [0.29, 0.717) is 0 Å². The van der Waals surface area contributed by atoms with Crippen molar-refractivity contribution < 1.29 is 9.21 Å². The minimum absolute atomic E-state index is 0.0540. The first-order valence-electron chi connectivity index (χ1n) is 9.48. The van der Waals surface area contributed by atoms with Crippen LogP contribution >= 0.6 is 11.8 Å². The highest BCUT2D eigenvalue weighted by Crippen LogP contribution is 2.27. The van der Waals surface area contributed by atoms with Crippen LogP contribution in [-0.2, 0) is 17.0 Å². The number of hydrogen-bond acceptors (Lipinski definition) is 4. The molecular formula is C24H22N2O2S. The smallest absolute Gasteiger partial charge is 0.228 e. The first-order valence-corrected chi connectivity index (χ1v) is 10.5. The van der Waals surface area contributed by atoms with Gasteiger partial charge in [0.15, 0.2) is 0 Å². The molecule has 0 aliphatic carbocycles. The van der Waals surface area contributed by atoms with Crippen LogP contribution in [0.3, 0.4) is 0 Å². The van der Waals surface area contributed by atoms with Crippen molar-refractivity contribution in [3.8, 4) is 0 Å². The number of benzene rings is 2. The first-order chi connectivity index (χ1) is 14.1. The van der Waals surface area contributed by atoms with Gasteiger partial charge in [-0.1, -0.05) is 18.2 Å². The molecule has 2 aromatic heterocycles. The van der Waals surface area contributed by atoms with Gasteiger partial charge in [0.1, 0.15) is 5.58 Å². The standard InChI is InChI=1S/C24H22N2O2S/c1-16-5-10-22-19(14-28-24(22)17(16)2)12-23(27)26-20-6-8-21(9-7-20)29-15-18-4-3-11-25-13-18/h3-11,13-14H,12,15H2,1-2H3,(H,26,27). The van der Waals surface area contributed by atoms with Crippen molar-refractivity contribution in [1.29, 1.82) is 0 Å². The molecule has 0 saturated carbocycles. The van der Waals surface area contributed by atoms with Crippen LogP contribution in [0.2, 0.25) is 0 Å². The lowest BCUT2D eigenvalue weighted by Gasteiger charge is -2.07. The van der Waals surface area contributed by atoms with Gasteiger partial charge in [-0.25, -0.2) is 0 Å². The Morgan fingerprint density at radius 1 is 1.10 bits per heavy atom. The fraction of sp³-hybridized carbons (Fsp3) is 0.167. The summed E-state index contributed by atoms with van der Waals surface area (Å²) in [6.07, 6.45) is 5.63.